The average Bonchev–Trinajstić information content (AvgIpc) is 2.88. The van der Waals surface area contributed by atoms with E-state index in [9.17, 15) is 9.59 Å². The molecular formula is C12H20O4. The van der Waals surface area contributed by atoms with Gasteiger partial charge < -0.3 is 9.47 Å². The molecule has 0 aromatic carbocycles. The average molecular weight is 228 g/mol. The Morgan fingerprint density at radius 1 is 0.938 bits per heavy atom. The SMILES string of the molecule is CCC1CCC(=O)O1.CCC1CCC(=O)O1. The highest BCUT2D eigenvalue weighted by Gasteiger charge is 2.21. The molecule has 92 valence electrons. The van der Waals surface area contributed by atoms with Crippen LogP contribution in [0.2, 0.25) is 0 Å². The normalized spacial score (nSPS) is 28.1. The first-order valence-electron chi connectivity index (χ1n) is 6.04. The van der Waals surface area contributed by atoms with Crippen molar-refractivity contribution in [2.75, 3.05) is 0 Å². The van der Waals surface area contributed by atoms with Crippen molar-refractivity contribution in [3.63, 3.8) is 0 Å². The molecule has 0 amide bonds. The molecule has 0 aliphatic carbocycles. The first-order valence-corrected chi connectivity index (χ1v) is 6.04. The molecule has 2 saturated heterocycles. The lowest BCUT2D eigenvalue weighted by Gasteiger charge is -2.01. The van der Waals surface area contributed by atoms with Crippen LogP contribution in [0.4, 0.5) is 0 Å². The number of carbonyl (C=O) groups excluding carboxylic acids is 2. The summed E-state index contributed by atoms with van der Waals surface area (Å²) in [7, 11) is 0. The van der Waals surface area contributed by atoms with E-state index < -0.39 is 0 Å². The zero-order chi connectivity index (χ0) is 12.0. The maximum Gasteiger partial charge on any atom is 0.306 e. The number of hydrogen-bond donors (Lipinski definition) is 0. The lowest BCUT2D eigenvalue weighted by Crippen LogP contribution is -2.03. The largest absolute Gasteiger partial charge is 0.462 e. The number of cyclic esters (lactones) is 2. The van der Waals surface area contributed by atoms with Gasteiger partial charge in [0.05, 0.1) is 0 Å². The quantitative estimate of drug-likeness (QED) is 0.680. The van der Waals surface area contributed by atoms with Crippen LogP contribution in [0, 0.1) is 0 Å². The molecule has 2 unspecified atom stereocenters. The Bertz CT molecular complexity index is 223. The summed E-state index contributed by atoms with van der Waals surface area (Å²) in [6.07, 6.45) is 5.48. The van der Waals surface area contributed by atoms with E-state index >= 15 is 0 Å². The fraction of sp³-hybridized carbons (Fsp3) is 0.833. The van der Waals surface area contributed by atoms with Crippen LogP contribution in [0.1, 0.15) is 52.4 Å². The molecular weight excluding hydrogens is 208 g/mol. The van der Waals surface area contributed by atoms with E-state index in [4.69, 9.17) is 9.47 Å². The first kappa shape index (κ1) is 13.0. The summed E-state index contributed by atoms with van der Waals surface area (Å²) >= 11 is 0. The second kappa shape index (κ2) is 6.51. The van der Waals surface area contributed by atoms with Crippen LogP contribution in [0.3, 0.4) is 0 Å². The second-order valence-corrected chi connectivity index (χ2v) is 4.12. The van der Waals surface area contributed by atoms with Crippen molar-refractivity contribution in [3.8, 4) is 0 Å². The van der Waals surface area contributed by atoms with Gasteiger partial charge in [0, 0.05) is 12.8 Å². The molecule has 0 radical (unpaired) electrons. The summed E-state index contributed by atoms with van der Waals surface area (Å²) in [4.78, 5) is 20.8. The third-order valence-corrected chi connectivity index (χ3v) is 2.85. The fourth-order valence-corrected chi connectivity index (χ4v) is 1.74. The zero-order valence-corrected chi connectivity index (χ0v) is 10.0. The molecule has 0 aromatic heterocycles. The Labute approximate surface area is 96.3 Å². The minimum absolute atomic E-state index is 0.0307. The third-order valence-electron chi connectivity index (χ3n) is 2.85. The molecule has 2 rings (SSSR count). The Kier molecular flexibility index (Phi) is 5.29. The van der Waals surface area contributed by atoms with E-state index in [1.807, 2.05) is 13.8 Å². The summed E-state index contributed by atoms with van der Waals surface area (Å²) in [5.74, 6) is -0.0614. The maximum atomic E-state index is 10.4. The number of rotatable bonds is 2. The number of hydrogen-bond acceptors (Lipinski definition) is 4. The number of carbonyl (C=O) groups is 2. The summed E-state index contributed by atoms with van der Waals surface area (Å²) in [6.45, 7) is 4.06. The summed E-state index contributed by atoms with van der Waals surface area (Å²) < 4.78 is 9.74. The van der Waals surface area contributed by atoms with E-state index in [1.165, 1.54) is 0 Å². The van der Waals surface area contributed by atoms with Crippen molar-refractivity contribution >= 4 is 11.9 Å². The zero-order valence-electron chi connectivity index (χ0n) is 10.0. The van der Waals surface area contributed by atoms with E-state index in [-0.39, 0.29) is 24.1 Å². The Morgan fingerprint density at radius 3 is 1.44 bits per heavy atom. The van der Waals surface area contributed by atoms with Crippen LogP contribution in [-0.4, -0.2) is 24.1 Å². The predicted octanol–water partition coefficient (Wildman–Crippen LogP) is 2.20. The van der Waals surface area contributed by atoms with Crippen molar-refractivity contribution in [1.82, 2.24) is 0 Å². The van der Waals surface area contributed by atoms with Gasteiger partial charge in [-0.15, -0.1) is 0 Å². The Balaban J connectivity index is 0.000000160. The van der Waals surface area contributed by atoms with E-state index in [1.54, 1.807) is 0 Å². The van der Waals surface area contributed by atoms with Crippen molar-refractivity contribution in [1.29, 1.82) is 0 Å². The lowest BCUT2D eigenvalue weighted by atomic mass is 10.2. The van der Waals surface area contributed by atoms with Gasteiger partial charge in [-0.3, -0.25) is 9.59 Å². The van der Waals surface area contributed by atoms with Crippen LogP contribution < -0.4 is 0 Å². The van der Waals surface area contributed by atoms with Gasteiger partial charge in [0.2, 0.25) is 0 Å². The van der Waals surface area contributed by atoms with Gasteiger partial charge >= 0.3 is 11.9 Å². The van der Waals surface area contributed by atoms with Gasteiger partial charge in [0.25, 0.3) is 0 Å². The fourth-order valence-electron chi connectivity index (χ4n) is 1.74. The molecule has 0 bridgehead atoms. The molecule has 2 fully saturated rings. The smallest absolute Gasteiger partial charge is 0.306 e. The van der Waals surface area contributed by atoms with Crippen molar-refractivity contribution < 1.29 is 19.1 Å². The van der Waals surface area contributed by atoms with E-state index in [2.05, 4.69) is 0 Å². The minimum Gasteiger partial charge on any atom is -0.462 e. The molecule has 2 atom stereocenters. The van der Waals surface area contributed by atoms with Gasteiger partial charge in [-0.1, -0.05) is 13.8 Å². The van der Waals surface area contributed by atoms with E-state index in [0.29, 0.717) is 12.8 Å². The molecule has 4 nitrogen and oxygen atoms in total. The van der Waals surface area contributed by atoms with Crippen molar-refractivity contribution in [2.24, 2.45) is 0 Å². The van der Waals surface area contributed by atoms with Gasteiger partial charge in [0.1, 0.15) is 12.2 Å². The minimum atomic E-state index is -0.0307. The molecule has 2 aliphatic heterocycles. The van der Waals surface area contributed by atoms with E-state index in [0.717, 1.165) is 25.7 Å². The van der Waals surface area contributed by atoms with Crippen LogP contribution in [0.15, 0.2) is 0 Å². The molecule has 0 N–H and O–H groups in total. The molecule has 16 heavy (non-hydrogen) atoms. The molecule has 0 saturated carbocycles. The van der Waals surface area contributed by atoms with Crippen molar-refractivity contribution in [3.05, 3.63) is 0 Å². The first-order chi connectivity index (χ1) is 7.65. The lowest BCUT2D eigenvalue weighted by molar-refractivity contribution is -0.142. The monoisotopic (exact) mass is 228 g/mol. The summed E-state index contributed by atoms with van der Waals surface area (Å²) in [5, 5.41) is 0. The highest BCUT2D eigenvalue weighted by Crippen LogP contribution is 2.16. The molecule has 2 heterocycles. The topological polar surface area (TPSA) is 52.6 Å². The van der Waals surface area contributed by atoms with Crippen LogP contribution >= 0.6 is 0 Å². The standard InChI is InChI=1S/2C6H10O2/c2*1-2-5-3-4-6(7)8-5/h2*5H,2-4H2,1H3. The summed E-state index contributed by atoms with van der Waals surface area (Å²) in [5.41, 5.74) is 0. The Hall–Kier alpha value is -1.06. The third kappa shape index (κ3) is 4.21. The second-order valence-electron chi connectivity index (χ2n) is 4.12. The number of esters is 2. The highest BCUT2D eigenvalue weighted by molar-refractivity contribution is 5.71. The molecule has 2 aliphatic rings. The Morgan fingerprint density at radius 2 is 1.31 bits per heavy atom. The summed E-state index contributed by atoms with van der Waals surface area (Å²) in [6, 6.07) is 0. The highest BCUT2D eigenvalue weighted by atomic mass is 16.6. The molecule has 0 spiro atoms. The molecule has 0 aromatic rings. The van der Waals surface area contributed by atoms with Crippen molar-refractivity contribution in [2.45, 2.75) is 64.6 Å². The van der Waals surface area contributed by atoms with Crippen LogP contribution in [0.25, 0.3) is 0 Å². The van der Waals surface area contributed by atoms with Gasteiger partial charge in [-0.25, -0.2) is 0 Å². The number of ether oxygens (including phenoxy) is 2. The van der Waals surface area contributed by atoms with Crippen LogP contribution in [0.5, 0.6) is 0 Å². The van der Waals surface area contributed by atoms with Gasteiger partial charge in [0.15, 0.2) is 0 Å². The van der Waals surface area contributed by atoms with Gasteiger partial charge in [-0.2, -0.15) is 0 Å². The maximum absolute atomic E-state index is 10.4. The van der Waals surface area contributed by atoms with Crippen LogP contribution in [-0.2, 0) is 19.1 Å². The molecule has 4 heteroatoms. The predicted molar refractivity (Wildman–Crippen MR) is 58.8 cm³/mol. The van der Waals surface area contributed by atoms with Gasteiger partial charge in [-0.05, 0) is 25.7 Å².